The van der Waals surface area contributed by atoms with Crippen LogP contribution in [-0.4, -0.2) is 60.1 Å². The zero-order chi connectivity index (χ0) is 66.5. The molecule has 7 rings (SSSR count). The summed E-state index contributed by atoms with van der Waals surface area (Å²) >= 11 is 12.0. The summed E-state index contributed by atoms with van der Waals surface area (Å²) in [6.07, 6.45) is 0.255. The number of carbonyl (C=O) groups excluding carboxylic acids is 1. The van der Waals surface area contributed by atoms with Crippen LogP contribution in [0, 0.1) is 28.1 Å². The largest absolute Gasteiger partial charge is 1.00 e. The first-order valence-electron chi connectivity index (χ1n) is 26.4. The van der Waals surface area contributed by atoms with E-state index in [2.05, 4.69) is 139 Å². The Morgan fingerprint density at radius 1 is 0.596 bits per heavy atom. The molecule has 0 aliphatic heterocycles. The normalized spacial score (nSPS) is 12.9. The van der Waals surface area contributed by atoms with Gasteiger partial charge in [0.1, 0.15) is 21.9 Å². The van der Waals surface area contributed by atoms with Crippen LogP contribution in [0.5, 0.6) is 0 Å². The van der Waals surface area contributed by atoms with Gasteiger partial charge in [-0.15, -0.1) is 12.4 Å². The first-order valence-corrected chi connectivity index (χ1v) is 35.2. The summed E-state index contributed by atoms with van der Waals surface area (Å²) in [4.78, 5) is 21.9. The number of halogens is 12. The van der Waals surface area contributed by atoms with Crippen LogP contribution >= 0.6 is 119 Å². The van der Waals surface area contributed by atoms with Crippen molar-refractivity contribution in [3.05, 3.63) is 228 Å². The molecule has 0 bridgehead atoms. The maximum absolute atomic E-state index is 13.4. The molecular formula is C63H75BrClF6I4LiN6O4S3. The van der Waals surface area contributed by atoms with Crippen LogP contribution in [0.4, 0.5) is 26.3 Å². The van der Waals surface area contributed by atoms with Crippen molar-refractivity contribution in [2.24, 2.45) is 15.3 Å². The van der Waals surface area contributed by atoms with Gasteiger partial charge < -0.3 is 12.7 Å². The van der Waals surface area contributed by atoms with Crippen molar-refractivity contribution in [2.45, 2.75) is 128 Å². The molecule has 5 atom stereocenters. The molecule has 3 aromatic heterocycles. The van der Waals surface area contributed by atoms with Gasteiger partial charge in [0.2, 0.25) is 0 Å². The molecule has 4 aromatic carbocycles. The van der Waals surface area contributed by atoms with E-state index in [9.17, 15) is 43.8 Å². The fourth-order valence-electron chi connectivity index (χ4n) is 5.92. The maximum atomic E-state index is 13.4. The van der Waals surface area contributed by atoms with Crippen molar-refractivity contribution in [2.75, 3.05) is 5.75 Å². The number of hydrogen-bond acceptors (Lipinski definition) is 8. The zero-order valence-electron chi connectivity index (χ0n) is 51.4. The van der Waals surface area contributed by atoms with Crippen molar-refractivity contribution in [3.8, 4) is 0 Å². The van der Waals surface area contributed by atoms with E-state index in [0.29, 0.717) is 11.1 Å². The molecule has 0 amide bonds. The second-order valence-corrected chi connectivity index (χ2v) is 33.1. The SMILES string of the molecule is CC(C)(C)S(=O)CC(c1ccc(I)cc1)c1ncccc1C(F)(F)F.CC(C)(C)S(=O)N=Cc1ccc(I)cc1.CC(C)(C)S(N)=O.Cc1cccnc1Br.Cl.NC(c1ccc(I)cc1)c1ncccc1C(F)(F)F.O=Cc1ccc(I)cc1.[CH2-]CCC.[Li+]. The van der Waals surface area contributed by atoms with Crippen LogP contribution in [0.2, 0.25) is 0 Å². The molecule has 26 heteroatoms. The third-order valence-electron chi connectivity index (χ3n) is 11.0. The Bertz CT molecular complexity index is 3250. The van der Waals surface area contributed by atoms with E-state index < -0.39 is 73.0 Å². The third-order valence-corrected chi connectivity index (χ3v) is 19.3. The number of pyridine rings is 3. The maximum Gasteiger partial charge on any atom is 1.00 e. The number of aromatic nitrogens is 3. The number of aldehydes is 1. The first kappa shape index (κ1) is 89.0. The Kier molecular flexibility index (Phi) is 43.8. The summed E-state index contributed by atoms with van der Waals surface area (Å²) in [5.74, 6) is -0.598. The van der Waals surface area contributed by atoms with Crippen molar-refractivity contribution in [3.63, 3.8) is 0 Å². The van der Waals surface area contributed by atoms with Crippen LogP contribution in [0.25, 0.3) is 0 Å². The van der Waals surface area contributed by atoms with Crippen LogP contribution < -0.4 is 29.7 Å². The number of rotatable bonds is 10. The predicted molar refractivity (Wildman–Crippen MR) is 393 cm³/mol. The Morgan fingerprint density at radius 3 is 1.29 bits per heavy atom. The second-order valence-electron chi connectivity index (χ2n) is 21.3. The topological polar surface area (TPSA) is 171 Å². The number of nitrogens with zero attached hydrogens (tertiary/aromatic N) is 4. The molecule has 0 saturated carbocycles. The molecule has 484 valence electrons. The predicted octanol–water partition coefficient (Wildman–Crippen LogP) is 16.0. The smallest absolute Gasteiger partial charge is 0.343 e. The van der Waals surface area contributed by atoms with Crippen molar-refractivity contribution in [1.82, 2.24) is 15.0 Å². The molecule has 0 fully saturated rings. The van der Waals surface area contributed by atoms with Crippen LogP contribution in [0.1, 0.15) is 149 Å². The van der Waals surface area contributed by atoms with Gasteiger partial charge in [-0.1, -0.05) is 67.9 Å². The summed E-state index contributed by atoms with van der Waals surface area (Å²) in [5.41, 5.74) is 8.27. The van der Waals surface area contributed by atoms with Crippen LogP contribution in [0.15, 0.2) is 161 Å². The first-order chi connectivity index (χ1) is 40.3. The second kappa shape index (κ2) is 43.8. The molecule has 0 saturated heterocycles. The summed E-state index contributed by atoms with van der Waals surface area (Å²) in [6, 6.07) is 37.2. The van der Waals surface area contributed by atoms with E-state index in [1.54, 1.807) is 60.9 Å². The minimum Gasteiger partial charge on any atom is -0.343 e. The van der Waals surface area contributed by atoms with Crippen LogP contribution in [-0.2, 0) is 45.1 Å². The molecule has 7 aromatic rings. The number of aryl methyl sites for hydroxylation is 1. The fraction of sp³-hybridized carbons (Fsp3) is 0.333. The van der Waals surface area contributed by atoms with Gasteiger partial charge in [-0.05, 0) is 277 Å². The summed E-state index contributed by atoms with van der Waals surface area (Å²) in [5, 5.41) is 5.04. The van der Waals surface area contributed by atoms with E-state index in [1.165, 1.54) is 40.1 Å². The molecule has 0 radical (unpaired) electrons. The summed E-state index contributed by atoms with van der Waals surface area (Å²) in [7, 11) is -3.68. The van der Waals surface area contributed by atoms with Crippen molar-refractivity contribution < 1.29 is 62.6 Å². The number of carbonyl (C=O) groups is 1. The number of benzene rings is 4. The van der Waals surface area contributed by atoms with Gasteiger partial charge in [-0.2, -0.15) is 37.2 Å². The van der Waals surface area contributed by atoms with E-state index in [-0.39, 0.29) is 57.9 Å². The quantitative estimate of drug-likeness (QED) is 0.0259. The molecule has 4 N–H and O–H groups in total. The Morgan fingerprint density at radius 2 is 0.955 bits per heavy atom. The molecule has 0 aliphatic carbocycles. The fourth-order valence-corrected chi connectivity index (χ4v) is 9.30. The molecule has 0 aliphatic rings. The Hall–Kier alpha value is -2.09. The summed E-state index contributed by atoms with van der Waals surface area (Å²) in [6.45, 7) is 24.4. The van der Waals surface area contributed by atoms with Crippen molar-refractivity contribution >= 4 is 164 Å². The van der Waals surface area contributed by atoms with Gasteiger partial charge in [-0.3, -0.25) is 24.1 Å². The average molecular weight is 1820 g/mol. The van der Waals surface area contributed by atoms with E-state index in [0.717, 1.165) is 51.3 Å². The van der Waals surface area contributed by atoms with E-state index >= 15 is 0 Å². The zero-order valence-corrected chi connectivity index (χ0v) is 64.9. The Balaban J connectivity index is 0. The molecular weight excluding hydrogens is 1740 g/mol. The van der Waals surface area contributed by atoms with Gasteiger partial charge in [0, 0.05) is 71.9 Å². The standard InChI is InChI=1S/C18H19F3INOS.C13H10F3IN2.C11H14INOS.C7H5IO.C6H6BrN.C4H11NOS.C4H9.ClH.Li/c1-17(2,3)25(24)11-14(12-6-8-13(22)9-7-12)16-15(18(19,20)21)5-4-10-23-16;14-13(15,16)10-2-1-7-19-12(10)11(18)8-3-5-9(17)6-4-8;1-11(2,3)15(14)13-8-9-4-6-10(12)7-5-9;8-7-3-1-6(5-9)2-4-7;1-5-3-2-4-8-6(5)7;1-4(2,3)7(5)6;1-3-4-2;;/h4-10,14H,11H2,1-3H3;1-7,11H,18H2;4-8H,1-3H3;1-5H;2-4H,1H3;5H2,1-3H3;1,3-4H2,2H3;1H;/q;;;;;;-1;;+1. The van der Waals surface area contributed by atoms with E-state index in [1.807, 2.05) is 130 Å². The number of alkyl halides is 6. The number of hydrogen-bond donors (Lipinski definition) is 2. The van der Waals surface area contributed by atoms with Crippen LogP contribution in [0.3, 0.4) is 0 Å². The molecule has 0 spiro atoms. The van der Waals surface area contributed by atoms with Crippen molar-refractivity contribution in [1.29, 1.82) is 0 Å². The van der Waals surface area contributed by atoms with Gasteiger partial charge >= 0.3 is 31.2 Å². The average Bonchev–Trinajstić information content (AvgIpc) is 2.31. The molecule has 5 unspecified atom stereocenters. The minimum atomic E-state index is -4.51. The Labute approximate surface area is 611 Å². The molecule has 3 heterocycles. The summed E-state index contributed by atoms with van der Waals surface area (Å²) < 4.78 is 122. The number of nitrogens with two attached hydrogens (primary N) is 2. The minimum absolute atomic E-state index is 0. The number of unbranched alkanes of at least 4 members (excludes halogenated alkanes) is 1. The molecule has 89 heavy (non-hydrogen) atoms. The molecule has 10 nitrogen and oxygen atoms in total. The van der Waals surface area contributed by atoms with Gasteiger partial charge in [0.15, 0.2) is 0 Å². The monoisotopic (exact) mass is 1820 g/mol. The van der Waals surface area contributed by atoms with Gasteiger partial charge in [-0.25, -0.2) is 13.4 Å². The third kappa shape index (κ3) is 36.4. The van der Waals surface area contributed by atoms with Gasteiger partial charge in [0.05, 0.1) is 49.0 Å². The van der Waals surface area contributed by atoms with E-state index in [4.69, 9.17) is 10.9 Å². The van der Waals surface area contributed by atoms with Gasteiger partial charge in [0.25, 0.3) is 0 Å².